The van der Waals surface area contributed by atoms with Crippen LogP contribution in [0.2, 0.25) is 0 Å². The van der Waals surface area contributed by atoms with Crippen molar-refractivity contribution in [2.24, 2.45) is 9.98 Å². The number of hydrogen-bond donors (Lipinski definition) is 0. The Morgan fingerprint density at radius 2 is 0.974 bits per heavy atom. The van der Waals surface area contributed by atoms with E-state index in [0.29, 0.717) is 24.7 Å². The van der Waals surface area contributed by atoms with Gasteiger partial charge < -0.3 is 30.6 Å². The summed E-state index contributed by atoms with van der Waals surface area (Å²) in [6.07, 6.45) is 10.0. The van der Waals surface area contributed by atoms with E-state index in [-0.39, 0.29) is 21.7 Å². The summed E-state index contributed by atoms with van der Waals surface area (Å²) in [7, 11) is 0. The third kappa shape index (κ3) is 20.5. The van der Waals surface area contributed by atoms with Crippen LogP contribution in [0.3, 0.4) is 0 Å². The molecule has 0 aliphatic heterocycles. The summed E-state index contributed by atoms with van der Waals surface area (Å²) >= 11 is 0. The first-order valence-corrected chi connectivity index (χ1v) is 12.9. The maximum Gasteiger partial charge on any atom is 4.00 e. The Hall–Kier alpha value is -3.17. The van der Waals surface area contributed by atoms with Gasteiger partial charge in [-0.25, -0.2) is 0 Å². The molecule has 0 N–H and O–H groups in total. The fraction of sp³-hybridized carbons (Fsp3) is 0.333. The average molecular weight is 561 g/mol. The molecule has 0 radical (unpaired) electrons. The molecule has 0 spiro atoms. The van der Waals surface area contributed by atoms with E-state index >= 15 is 0 Å². The molecule has 4 rings (SSSR count). The van der Waals surface area contributed by atoms with E-state index in [2.05, 4.69) is 40.6 Å². The van der Waals surface area contributed by atoms with Crippen molar-refractivity contribution >= 4 is 12.4 Å². The van der Waals surface area contributed by atoms with Crippen LogP contribution in [-0.4, -0.2) is 48.6 Å². The van der Waals surface area contributed by atoms with Gasteiger partial charge in [-0.2, -0.15) is 26.2 Å². The summed E-state index contributed by atoms with van der Waals surface area (Å²) in [5.41, 5.74) is 2.38. The van der Waals surface area contributed by atoms with Crippen LogP contribution < -0.4 is 9.97 Å². The number of nitrogens with zero attached hydrogens (tertiary/aromatic N) is 8. The monoisotopic (exact) mass is 560 g/mol. The van der Waals surface area contributed by atoms with Gasteiger partial charge in [0.25, 0.3) is 0 Å². The van der Waals surface area contributed by atoms with E-state index in [1.165, 1.54) is 11.1 Å². The second kappa shape index (κ2) is 26.4. The smallest absolute Gasteiger partial charge is 0.663 e. The number of hydrogen-bond acceptors (Lipinski definition) is 4. The van der Waals surface area contributed by atoms with Crippen LogP contribution in [0.15, 0.2) is 95.4 Å². The third-order valence-corrected chi connectivity index (χ3v) is 4.50. The molecule has 0 fully saturated rings. The molecule has 9 heteroatoms. The fourth-order valence-electron chi connectivity index (χ4n) is 2.72. The Kier molecular flexibility index (Phi) is 24.3. The van der Waals surface area contributed by atoms with E-state index in [1.807, 2.05) is 88.4 Å². The van der Waals surface area contributed by atoms with Crippen LogP contribution in [0.5, 0.6) is 0 Å². The van der Waals surface area contributed by atoms with Crippen molar-refractivity contribution < 1.29 is 21.7 Å². The van der Waals surface area contributed by atoms with Crippen LogP contribution in [0.25, 0.3) is 10.6 Å². The van der Waals surface area contributed by atoms with E-state index in [1.54, 1.807) is 37.2 Å². The van der Waals surface area contributed by atoms with Gasteiger partial charge in [0, 0.05) is 12.4 Å². The van der Waals surface area contributed by atoms with Gasteiger partial charge in [0.05, 0.1) is 13.1 Å². The number of aliphatic imine (C=N–C) groups is 2. The van der Waals surface area contributed by atoms with Crippen molar-refractivity contribution in [2.75, 3.05) is 26.2 Å². The van der Waals surface area contributed by atoms with E-state index < -0.39 is 0 Å². The summed E-state index contributed by atoms with van der Waals surface area (Å²) in [5, 5.41) is 7.94. The molecule has 204 valence electrons. The minimum Gasteiger partial charge on any atom is -0.663 e. The molecule has 0 amide bonds. The third-order valence-electron chi connectivity index (χ3n) is 4.50. The molecule has 0 aliphatic rings. The molecule has 0 saturated heterocycles. The minimum atomic E-state index is 0. The Balaban J connectivity index is 0.000000545. The molecule has 0 bridgehead atoms. The Morgan fingerprint density at radius 3 is 1.23 bits per heavy atom. The van der Waals surface area contributed by atoms with Crippen molar-refractivity contribution in [1.82, 2.24) is 19.9 Å². The van der Waals surface area contributed by atoms with Crippen LogP contribution in [-0.2, 0) is 34.8 Å². The van der Waals surface area contributed by atoms with Crippen LogP contribution >= 0.6 is 0 Å². The molecular formula is C30H40N8Ti. The second-order valence-corrected chi connectivity index (χ2v) is 7.45. The number of imidazole rings is 2. The van der Waals surface area contributed by atoms with Crippen LogP contribution in [0, 0.1) is 0 Å². The van der Waals surface area contributed by atoms with Gasteiger partial charge in [0.15, 0.2) is 0 Å². The molecule has 2 aromatic heterocycles. The first-order chi connectivity index (χ1) is 18.7. The number of aromatic nitrogens is 4. The number of rotatable bonds is 10. The molecule has 39 heavy (non-hydrogen) atoms. The molecule has 2 aromatic carbocycles. The van der Waals surface area contributed by atoms with E-state index in [0.717, 1.165) is 26.2 Å². The van der Waals surface area contributed by atoms with E-state index in [4.69, 9.17) is 0 Å². The summed E-state index contributed by atoms with van der Waals surface area (Å²) in [6.45, 7) is 13.4. The summed E-state index contributed by atoms with van der Waals surface area (Å²) in [4.78, 5) is 24.4. The first kappa shape index (κ1) is 35.8. The van der Waals surface area contributed by atoms with Crippen molar-refractivity contribution in [3.05, 3.63) is 119 Å². The van der Waals surface area contributed by atoms with Crippen molar-refractivity contribution in [3.8, 4) is 0 Å². The largest absolute Gasteiger partial charge is 4.00 e. The Labute approximate surface area is 249 Å². The zero-order valence-electron chi connectivity index (χ0n) is 23.6. The zero-order chi connectivity index (χ0) is 27.5. The Morgan fingerprint density at radius 1 is 0.615 bits per heavy atom. The molecule has 4 aromatic rings. The molecule has 0 aliphatic carbocycles. The van der Waals surface area contributed by atoms with Gasteiger partial charge in [-0.1, -0.05) is 113 Å². The molecule has 8 nitrogen and oxygen atoms in total. The standard InChI is InChI=1S/2C11H10N3.2C4H10N.Ti/c2*1-2-4-10(5-3-1)8-12-9-11-13-6-7-14-11;2*1-3-5-4-2;/h2*1-7,9H,8H2;2*3-4H2,1-2H3;/q4*-1;+4. The minimum absolute atomic E-state index is 0. The SMILES string of the molecule is C(=NCc1ccccc1)c1ncc[n-]1.C(=NCc1ccccc1)c1ncc[n-]1.CC[N-]CC.CC[N-]CC.[Ti+4]. The average Bonchev–Trinajstić information content (AvgIpc) is 3.67. The van der Waals surface area contributed by atoms with Gasteiger partial charge in [-0.15, -0.1) is 0 Å². The van der Waals surface area contributed by atoms with Gasteiger partial charge in [-0.05, 0) is 22.8 Å². The molecule has 0 saturated carbocycles. The van der Waals surface area contributed by atoms with Crippen LogP contribution in [0.4, 0.5) is 0 Å². The van der Waals surface area contributed by atoms with Gasteiger partial charge >= 0.3 is 21.7 Å². The summed E-state index contributed by atoms with van der Waals surface area (Å²) < 4.78 is 0. The molecular weight excluding hydrogens is 520 g/mol. The van der Waals surface area contributed by atoms with Gasteiger partial charge in [0.1, 0.15) is 0 Å². The van der Waals surface area contributed by atoms with Gasteiger partial charge in [-0.3, -0.25) is 9.98 Å². The first-order valence-electron chi connectivity index (χ1n) is 12.9. The molecule has 0 unspecified atom stereocenters. The predicted molar refractivity (Wildman–Crippen MR) is 159 cm³/mol. The number of benzene rings is 2. The van der Waals surface area contributed by atoms with Crippen molar-refractivity contribution in [2.45, 2.75) is 40.8 Å². The second-order valence-electron chi connectivity index (χ2n) is 7.45. The maximum absolute atomic E-state index is 4.23. The van der Waals surface area contributed by atoms with Crippen LogP contribution in [0.1, 0.15) is 50.5 Å². The van der Waals surface area contributed by atoms with Crippen molar-refractivity contribution in [1.29, 1.82) is 0 Å². The normalized spacial score (nSPS) is 9.95. The quantitative estimate of drug-likeness (QED) is 0.172. The van der Waals surface area contributed by atoms with E-state index in [9.17, 15) is 0 Å². The predicted octanol–water partition coefficient (Wildman–Crippen LogP) is 6.11. The summed E-state index contributed by atoms with van der Waals surface area (Å²) in [5.74, 6) is 1.34. The summed E-state index contributed by atoms with van der Waals surface area (Å²) in [6, 6.07) is 20.2. The topological polar surface area (TPSA) is 107 Å². The zero-order valence-corrected chi connectivity index (χ0v) is 25.1. The fourth-order valence-corrected chi connectivity index (χ4v) is 2.72. The van der Waals surface area contributed by atoms with Crippen molar-refractivity contribution in [3.63, 3.8) is 0 Å². The Bertz CT molecular complexity index is 959. The molecule has 2 heterocycles. The van der Waals surface area contributed by atoms with Gasteiger partial charge in [0.2, 0.25) is 0 Å². The molecule has 0 atom stereocenters. The maximum atomic E-state index is 4.23.